The van der Waals surface area contributed by atoms with E-state index in [1.54, 1.807) is 4.90 Å². The number of nitrogens with zero attached hydrogens (tertiary/aromatic N) is 2. The van der Waals surface area contributed by atoms with E-state index in [0.29, 0.717) is 13.0 Å². The molecule has 0 aliphatic carbocycles. The van der Waals surface area contributed by atoms with Gasteiger partial charge in [-0.2, -0.15) is 0 Å². The van der Waals surface area contributed by atoms with E-state index in [4.69, 9.17) is 0 Å². The lowest BCUT2D eigenvalue weighted by atomic mass is 10.2. The van der Waals surface area contributed by atoms with Crippen LogP contribution in [0.3, 0.4) is 0 Å². The quantitative estimate of drug-likeness (QED) is 0.643. The molecule has 1 aliphatic rings. The number of aliphatic hydroxyl groups excluding tert-OH is 1. The topological polar surface area (TPSA) is 55.8 Å². The lowest BCUT2D eigenvalue weighted by Crippen LogP contribution is -2.42. The lowest BCUT2D eigenvalue weighted by molar-refractivity contribution is -0.132. The first-order valence-corrected chi connectivity index (χ1v) is 5.82. The predicted octanol–water partition coefficient (Wildman–Crippen LogP) is -0.881. The van der Waals surface area contributed by atoms with E-state index in [-0.39, 0.29) is 18.1 Å². The second-order valence-electron chi connectivity index (χ2n) is 4.77. The third-order valence-corrected chi connectivity index (χ3v) is 2.88. The van der Waals surface area contributed by atoms with Gasteiger partial charge in [0.1, 0.15) is 0 Å². The van der Waals surface area contributed by atoms with Crippen LogP contribution in [0.15, 0.2) is 0 Å². The molecule has 16 heavy (non-hydrogen) atoms. The van der Waals surface area contributed by atoms with Gasteiger partial charge in [0.15, 0.2) is 0 Å². The van der Waals surface area contributed by atoms with E-state index >= 15 is 0 Å². The van der Waals surface area contributed by atoms with Gasteiger partial charge in [0, 0.05) is 20.1 Å². The molecule has 0 aromatic rings. The third-order valence-electron chi connectivity index (χ3n) is 2.88. The zero-order valence-electron chi connectivity index (χ0n) is 10.4. The Kier molecular flexibility index (Phi) is 5.18. The molecular formula is C11H23N3O2. The van der Waals surface area contributed by atoms with Gasteiger partial charge in [0.2, 0.25) is 5.91 Å². The van der Waals surface area contributed by atoms with Gasteiger partial charge in [0.05, 0.1) is 12.1 Å². The minimum atomic E-state index is -0.371. The number of aliphatic hydroxyl groups is 1. The van der Waals surface area contributed by atoms with Crippen molar-refractivity contribution in [1.82, 2.24) is 15.1 Å². The minimum Gasteiger partial charge on any atom is -0.392 e. The maximum atomic E-state index is 11.9. The number of hydrogen-bond donors (Lipinski definition) is 2. The second kappa shape index (κ2) is 6.18. The Morgan fingerprint density at radius 1 is 1.38 bits per heavy atom. The van der Waals surface area contributed by atoms with Gasteiger partial charge in [-0.05, 0) is 33.5 Å². The number of carbonyl (C=O) groups is 1. The zero-order chi connectivity index (χ0) is 12.1. The first kappa shape index (κ1) is 13.4. The van der Waals surface area contributed by atoms with Crippen LogP contribution in [-0.2, 0) is 4.79 Å². The summed E-state index contributed by atoms with van der Waals surface area (Å²) >= 11 is 0. The summed E-state index contributed by atoms with van der Waals surface area (Å²) < 4.78 is 0. The maximum absolute atomic E-state index is 11.9. The molecule has 1 fully saturated rings. The Balaban J connectivity index is 2.25. The van der Waals surface area contributed by atoms with Gasteiger partial charge in [-0.1, -0.05) is 0 Å². The molecule has 0 aromatic carbocycles. The molecule has 0 radical (unpaired) electrons. The number of nitrogens with one attached hydrogen (secondary N) is 1. The average Bonchev–Trinajstić information content (AvgIpc) is 2.63. The highest BCUT2D eigenvalue weighted by Crippen LogP contribution is 2.08. The van der Waals surface area contributed by atoms with Gasteiger partial charge >= 0.3 is 0 Å². The molecule has 1 rings (SSSR count). The summed E-state index contributed by atoms with van der Waals surface area (Å²) in [5.74, 6) is 0.0929. The number of carbonyl (C=O) groups excluding carboxylic acids is 1. The Morgan fingerprint density at radius 3 is 2.56 bits per heavy atom. The number of likely N-dealkylation sites (N-methyl/N-ethyl adjacent to an activating group) is 1. The zero-order valence-corrected chi connectivity index (χ0v) is 10.4. The highest BCUT2D eigenvalue weighted by molar-refractivity contribution is 5.82. The molecule has 5 heteroatoms. The monoisotopic (exact) mass is 229 g/mol. The highest BCUT2D eigenvalue weighted by Gasteiger charge is 2.29. The van der Waals surface area contributed by atoms with Crippen molar-refractivity contribution in [1.29, 1.82) is 0 Å². The summed E-state index contributed by atoms with van der Waals surface area (Å²) in [7, 11) is 5.87. The number of β-amino-alcohol motifs (C(OH)–C–C–N with tert-alkyl or cyclic N) is 1. The van der Waals surface area contributed by atoms with E-state index in [1.165, 1.54) is 0 Å². The summed E-state index contributed by atoms with van der Waals surface area (Å²) in [5, 5.41) is 12.4. The second-order valence-corrected chi connectivity index (χ2v) is 4.77. The molecule has 1 saturated heterocycles. The Morgan fingerprint density at radius 2 is 2.06 bits per heavy atom. The van der Waals surface area contributed by atoms with Crippen LogP contribution in [0.1, 0.15) is 12.8 Å². The molecule has 0 saturated carbocycles. The molecule has 5 nitrogen and oxygen atoms in total. The standard InChI is InChI=1S/C11H23N3O2/c1-13(2)5-4-6-14(3)11(16)10-7-9(15)8-12-10/h9-10,12,15H,4-8H2,1-3H3. The van der Waals surface area contributed by atoms with Gasteiger partial charge < -0.3 is 20.2 Å². The largest absolute Gasteiger partial charge is 0.392 e. The molecule has 94 valence electrons. The van der Waals surface area contributed by atoms with Crippen LogP contribution in [0, 0.1) is 0 Å². The number of hydrogen-bond acceptors (Lipinski definition) is 4. The van der Waals surface area contributed by atoms with Crippen molar-refractivity contribution in [3.8, 4) is 0 Å². The molecule has 0 bridgehead atoms. The van der Waals surface area contributed by atoms with Crippen LogP contribution < -0.4 is 5.32 Å². The van der Waals surface area contributed by atoms with E-state index in [1.807, 2.05) is 21.1 Å². The summed E-state index contributed by atoms with van der Waals surface area (Å²) in [5.41, 5.74) is 0. The van der Waals surface area contributed by atoms with Crippen molar-refractivity contribution in [2.45, 2.75) is 25.0 Å². The predicted molar refractivity (Wildman–Crippen MR) is 63.2 cm³/mol. The van der Waals surface area contributed by atoms with Crippen LogP contribution in [0.4, 0.5) is 0 Å². The molecular weight excluding hydrogens is 206 g/mol. The van der Waals surface area contributed by atoms with Crippen molar-refractivity contribution in [3.05, 3.63) is 0 Å². The molecule has 1 aliphatic heterocycles. The Hall–Kier alpha value is -0.650. The average molecular weight is 229 g/mol. The maximum Gasteiger partial charge on any atom is 0.239 e. The molecule has 1 heterocycles. The molecule has 0 spiro atoms. The normalized spacial score (nSPS) is 25.1. The summed E-state index contributed by atoms with van der Waals surface area (Å²) in [4.78, 5) is 15.8. The smallest absolute Gasteiger partial charge is 0.239 e. The number of amides is 1. The molecule has 2 atom stereocenters. The van der Waals surface area contributed by atoms with Crippen LogP contribution in [0.5, 0.6) is 0 Å². The summed E-state index contributed by atoms with van der Waals surface area (Å²) in [6.07, 6.45) is 1.14. The number of rotatable bonds is 5. The van der Waals surface area contributed by atoms with E-state index in [9.17, 15) is 9.90 Å². The van der Waals surface area contributed by atoms with E-state index < -0.39 is 0 Å². The van der Waals surface area contributed by atoms with Crippen molar-refractivity contribution >= 4 is 5.91 Å². The fraction of sp³-hybridized carbons (Fsp3) is 0.909. The van der Waals surface area contributed by atoms with Crippen molar-refractivity contribution < 1.29 is 9.90 Å². The van der Waals surface area contributed by atoms with Crippen LogP contribution in [-0.4, -0.2) is 73.7 Å². The first-order chi connectivity index (χ1) is 7.50. The van der Waals surface area contributed by atoms with E-state index in [2.05, 4.69) is 10.2 Å². The summed E-state index contributed by atoms with van der Waals surface area (Å²) in [6, 6.07) is -0.195. The summed E-state index contributed by atoms with van der Waals surface area (Å²) in [6.45, 7) is 2.28. The van der Waals surface area contributed by atoms with Crippen molar-refractivity contribution in [2.75, 3.05) is 40.8 Å². The van der Waals surface area contributed by atoms with Crippen molar-refractivity contribution in [2.24, 2.45) is 0 Å². The van der Waals surface area contributed by atoms with Crippen molar-refractivity contribution in [3.63, 3.8) is 0 Å². The molecule has 0 aromatic heterocycles. The van der Waals surface area contributed by atoms with Crippen LogP contribution >= 0.6 is 0 Å². The van der Waals surface area contributed by atoms with E-state index in [0.717, 1.165) is 19.5 Å². The highest BCUT2D eigenvalue weighted by atomic mass is 16.3. The van der Waals surface area contributed by atoms with Gasteiger partial charge in [-0.15, -0.1) is 0 Å². The molecule has 1 amide bonds. The SMILES string of the molecule is CN(C)CCCN(C)C(=O)C1CC(O)CN1. The fourth-order valence-corrected chi connectivity index (χ4v) is 1.91. The molecule has 2 N–H and O–H groups in total. The minimum absolute atomic E-state index is 0.0929. The fourth-order valence-electron chi connectivity index (χ4n) is 1.91. The van der Waals surface area contributed by atoms with Gasteiger partial charge in [-0.25, -0.2) is 0 Å². The third kappa shape index (κ3) is 4.08. The Labute approximate surface area is 97.4 Å². The van der Waals surface area contributed by atoms with Crippen LogP contribution in [0.25, 0.3) is 0 Å². The Bertz CT molecular complexity index is 233. The molecule has 2 unspecified atom stereocenters. The lowest BCUT2D eigenvalue weighted by Gasteiger charge is -2.21. The first-order valence-electron chi connectivity index (χ1n) is 5.82. The van der Waals surface area contributed by atoms with Gasteiger partial charge in [0.25, 0.3) is 0 Å². The van der Waals surface area contributed by atoms with Crippen LogP contribution in [0.2, 0.25) is 0 Å². The van der Waals surface area contributed by atoms with Gasteiger partial charge in [-0.3, -0.25) is 4.79 Å².